The molecule has 1 aliphatic rings. The molecular weight excluding hydrogens is 311 g/mol. The van der Waals surface area contributed by atoms with Gasteiger partial charge in [0, 0.05) is 10.5 Å². The quantitative estimate of drug-likeness (QED) is 0.903. The minimum absolute atomic E-state index is 0.238. The smallest absolute Gasteiger partial charge is 0.406 e. The Morgan fingerprint density at radius 1 is 1.33 bits per heavy atom. The average molecular weight is 324 g/mol. The Morgan fingerprint density at radius 3 is 2.56 bits per heavy atom. The van der Waals surface area contributed by atoms with Crippen molar-refractivity contribution in [3.63, 3.8) is 0 Å². The summed E-state index contributed by atoms with van der Waals surface area (Å²) in [6.07, 6.45) is -1.55. The normalized spacial score (nSPS) is 17.6. The molecule has 2 N–H and O–H groups in total. The van der Waals surface area contributed by atoms with Gasteiger partial charge in [0.05, 0.1) is 0 Å². The summed E-state index contributed by atoms with van der Waals surface area (Å²) in [5, 5.41) is 0. The van der Waals surface area contributed by atoms with Crippen molar-refractivity contribution in [2.75, 3.05) is 0 Å². The predicted octanol–water partition coefficient (Wildman–Crippen LogP) is 4.15. The zero-order valence-corrected chi connectivity index (χ0v) is 11.1. The van der Waals surface area contributed by atoms with Gasteiger partial charge in [-0.05, 0) is 36.1 Å². The third kappa shape index (κ3) is 4.17. The van der Waals surface area contributed by atoms with Gasteiger partial charge in [-0.1, -0.05) is 28.8 Å². The Kier molecular flexibility index (Phi) is 3.87. The van der Waals surface area contributed by atoms with Crippen LogP contribution in [-0.2, 0) is 0 Å². The molecule has 0 unspecified atom stereocenters. The number of benzene rings is 1. The molecule has 0 amide bonds. The lowest BCUT2D eigenvalue weighted by Gasteiger charge is -2.15. The maximum absolute atomic E-state index is 12.2. The summed E-state index contributed by atoms with van der Waals surface area (Å²) in [6, 6.07) is 4.12. The van der Waals surface area contributed by atoms with E-state index in [9.17, 15) is 13.2 Å². The number of rotatable bonds is 4. The number of alkyl halides is 3. The monoisotopic (exact) mass is 323 g/mol. The van der Waals surface area contributed by atoms with Gasteiger partial charge >= 0.3 is 6.36 Å². The average Bonchev–Trinajstić information content (AvgIpc) is 2.97. The lowest BCUT2D eigenvalue weighted by atomic mass is 10.0. The second kappa shape index (κ2) is 5.09. The van der Waals surface area contributed by atoms with Crippen LogP contribution < -0.4 is 10.5 Å². The maximum atomic E-state index is 12.2. The molecule has 2 rings (SSSR count). The summed E-state index contributed by atoms with van der Waals surface area (Å²) in [4.78, 5) is 0. The molecule has 0 saturated heterocycles. The topological polar surface area (TPSA) is 35.2 Å². The van der Waals surface area contributed by atoms with Gasteiger partial charge in [-0.25, -0.2) is 0 Å². The van der Waals surface area contributed by atoms with Crippen molar-refractivity contribution >= 4 is 15.9 Å². The summed E-state index contributed by atoms with van der Waals surface area (Å²) in [6.45, 7) is 0. The SMILES string of the molecule is N[C@H](CC1CC1)c1cc(Br)cc(OC(F)(F)F)c1. The van der Waals surface area contributed by atoms with E-state index in [-0.39, 0.29) is 11.8 Å². The van der Waals surface area contributed by atoms with Gasteiger partial charge in [0.2, 0.25) is 0 Å². The third-order valence-electron chi connectivity index (χ3n) is 2.84. The minimum atomic E-state index is -4.68. The van der Waals surface area contributed by atoms with E-state index in [0.29, 0.717) is 16.0 Å². The Morgan fingerprint density at radius 2 is 2.00 bits per heavy atom. The molecule has 1 aromatic rings. The number of halogens is 4. The van der Waals surface area contributed by atoms with Crippen LogP contribution in [-0.4, -0.2) is 6.36 Å². The molecular formula is C12H13BrF3NO. The third-order valence-corrected chi connectivity index (χ3v) is 3.30. The lowest BCUT2D eigenvalue weighted by Crippen LogP contribution is -2.18. The van der Waals surface area contributed by atoms with Gasteiger partial charge in [0.25, 0.3) is 0 Å². The number of ether oxygens (including phenoxy) is 1. The number of hydrogen-bond acceptors (Lipinski definition) is 2. The zero-order valence-electron chi connectivity index (χ0n) is 9.51. The van der Waals surface area contributed by atoms with E-state index in [1.165, 1.54) is 12.1 Å². The number of hydrogen-bond donors (Lipinski definition) is 1. The van der Waals surface area contributed by atoms with E-state index in [1.54, 1.807) is 6.07 Å². The second-order valence-corrected chi connectivity index (χ2v) is 5.47. The summed E-state index contributed by atoms with van der Waals surface area (Å²) >= 11 is 3.17. The van der Waals surface area contributed by atoms with E-state index < -0.39 is 6.36 Å². The van der Waals surface area contributed by atoms with E-state index in [4.69, 9.17) is 5.73 Å². The van der Waals surface area contributed by atoms with Crippen LogP contribution in [0.3, 0.4) is 0 Å². The minimum Gasteiger partial charge on any atom is -0.406 e. The molecule has 0 bridgehead atoms. The maximum Gasteiger partial charge on any atom is 0.573 e. The van der Waals surface area contributed by atoms with Crippen LogP contribution in [0, 0.1) is 5.92 Å². The summed E-state index contributed by atoms with van der Waals surface area (Å²) in [5.41, 5.74) is 6.64. The first kappa shape index (κ1) is 13.7. The van der Waals surface area contributed by atoms with Gasteiger partial charge in [-0.3, -0.25) is 0 Å². The van der Waals surface area contributed by atoms with Crippen LogP contribution in [0.5, 0.6) is 5.75 Å². The first-order valence-electron chi connectivity index (χ1n) is 5.65. The molecule has 1 aromatic carbocycles. The van der Waals surface area contributed by atoms with Crippen molar-refractivity contribution in [2.45, 2.75) is 31.7 Å². The largest absolute Gasteiger partial charge is 0.573 e. The molecule has 1 aliphatic carbocycles. The predicted molar refractivity (Wildman–Crippen MR) is 65.1 cm³/mol. The molecule has 0 spiro atoms. The van der Waals surface area contributed by atoms with Crippen molar-refractivity contribution in [1.82, 2.24) is 0 Å². The lowest BCUT2D eigenvalue weighted by molar-refractivity contribution is -0.274. The Bertz CT molecular complexity index is 432. The molecule has 100 valence electrons. The van der Waals surface area contributed by atoms with Gasteiger partial charge < -0.3 is 10.5 Å². The highest BCUT2D eigenvalue weighted by atomic mass is 79.9. The molecule has 0 aliphatic heterocycles. The molecule has 6 heteroatoms. The highest BCUT2D eigenvalue weighted by Gasteiger charge is 2.31. The first-order valence-corrected chi connectivity index (χ1v) is 6.44. The first-order chi connectivity index (χ1) is 8.33. The van der Waals surface area contributed by atoms with Crippen LogP contribution in [0.4, 0.5) is 13.2 Å². The van der Waals surface area contributed by atoms with Crippen molar-refractivity contribution in [3.8, 4) is 5.75 Å². The molecule has 0 aromatic heterocycles. The van der Waals surface area contributed by atoms with Crippen molar-refractivity contribution in [1.29, 1.82) is 0 Å². The number of nitrogens with two attached hydrogens (primary N) is 1. The molecule has 1 atom stereocenters. The zero-order chi connectivity index (χ0) is 13.3. The fourth-order valence-corrected chi connectivity index (χ4v) is 2.33. The fourth-order valence-electron chi connectivity index (χ4n) is 1.84. The van der Waals surface area contributed by atoms with Crippen LogP contribution in [0.2, 0.25) is 0 Å². The van der Waals surface area contributed by atoms with Gasteiger partial charge in [0.1, 0.15) is 5.75 Å². The van der Waals surface area contributed by atoms with Crippen LogP contribution in [0.15, 0.2) is 22.7 Å². The van der Waals surface area contributed by atoms with E-state index in [1.807, 2.05) is 0 Å². The van der Waals surface area contributed by atoms with Gasteiger partial charge in [0.15, 0.2) is 0 Å². The molecule has 1 fully saturated rings. The van der Waals surface area contributed by atoms with Crippen LogP contribution >= 0.6 is 15.9 Å². The molecule has 0 radical (unpaired) electrons. The van der Waals surface area contributed by atoms with E-state index in [0.717, 1.165) is 19.3 Å². The Hall–Kier alpha value is -0.750. The summed E-state index contributed by atoms with van der Waals surface area (Å²) in [7, 11) is 0. The van der Waals surface area contributed by atoms with E-state index >= 15 is 0 Å². The van der Waals surface area contributed by atoms with Gasteiger partial charge in [-0.15, -0.1) is 13.2 Å². The molecule has 0 heterocycles. The second-order valence-electron chi connectivity index (χ2n) is 4.55. The molecule has 1 saturated carbocycles. The molecule has 2 nitrogen and oxygen atoms in total. The Balaban J connectivity index is 2.14. The molecule has 18 heavy (non-hydrogen) atoms. The summed E-state index contributed by atoms with van der Waals surface area (Å²) < 4.78 is 40.9. The van der Waals surface area contributed by atoms with Crippen LogP contribution in [0.1, 0.15) is 30.9 Å². The Labute approximate surface area is 111 Å². The van der Waals surface area contributed by atoms with Crippen molar-refractivity contribution in [2.24, 2.45) is 11.7 Å². The highest BCUT2D eigenvalue weighted by Crippen LogP contribution is 2.38. The van der Waals surface area contributed by atoms with Gasteiger partial charge in [-0.2, -0.15) is 0 Å². The van der Waals surface area contributed by atoms with Crippen molar-refractivity contribution in [3.05, 3.63) is 28.2 Å². The standard InChI is InChI=1S/C12H13BrF3NO/c13-9-4-8(11(17)3-7-1-2-7)5-10(6-9)18-12(14,15)16/h4-7,11H,1-3,17H2/t11-/m1/s1. The van der Waals surface area contributed by atoms with Crippen LogP contribution in [0.25, 0.3) is 0 Å². The summed E-state index contributed by atoms with van der Waals surface area (Å²) in [5.74, 6) is 0.379. The highest BCUT2D eigenvalue weighted by molar-refractivity contribution is 9.10. The van der Waals surface area contributed by atoms with Crippen molar-refractivity contribution < 1.29 is 17.9 Å². The fraction of sp³-hybridized carbons (Fsp3) is 0.500. The van der Waals surface area contributed by atoms with E-state index in [2.05, 4.69) is 20.7 Å².